The first-order valence-electron chi connectivity index (χ1n) is 10.4. The summed E-state index contributed by atoms with van der Waals surface area (Å²) in [7, 11) is 0. The molecule has 2 fully saturated rings. The molecule has 0 radical (unpaired) electrons. The fourth-order valence-corrected chi connectivity index (χ4v) is 4.11. The highest BCUT2D eigenvalue weighted by Crippen LogP contribution is 2.59. The Hall–Kier alpha value is -3.42. The number of para-hydroxylation sites is 1. The molecule has 1 aliphatic heterocycles. The van der Waals surface area contributed by atoms with Crippen LogP contribution in [-0.4, -0.2) is 52.9 Å². The van der Waals surface area contributed by atoms with Crippen molar-refractivity contribution < 1.29 is 23.9 Å². The maximum atomic E-state index is 12.8. The molecule has 2 aliphatic rings. The highest BCUT2D eigenvalue weighted by molar-refractivity contribution is 5.96. The van der Waals surface area contributed by atoms with Crippen LogP contribution in [0.25, 0.3) is 0 Å². The first kappa shape index (κ1) is 20.8. The molecule has 2 amide bonds. The van der Waals surface area contributed by atoms with Gasteiger partial charge >= 0.3 is 5.97 Å². The summed E-state index contributed by atoms with van der Waals surface area (Å²) in [6, 6.07) is 11.9. The molecule has 0 unspecified atom stereocenters. The lowest BCUT2D eigenvalue weighted by atomic mass is 10.0. The van der Waals surface area contributed by atoms with Crippen LogP contribution < -0.4 is 10.1 Å². The maximum absolute atomic E-state index is 12.8. The van der Waals surface area contributed by atoms with E-state index in [0.717, 1.165) is 6.42 Å². The SMILES string of the molecule is CCOC(=O)[C@@H]1C[C@]2(C)C[C@@H]2N1C(=O)CNC(=O)c1ccc(Oc2ccccc2)cn1. The number of carbonyl (C=O) groups excluding carboxylic acids is 3. The topological polar surface area (TPSA) is 97.8 Å². The van der Waals surface area contributed by atoms with Crippen LogP contribution in [0.15, 0.2) is 48.7 Å². The number of pyridine rings is 1. The standard InChI is InChI=1S/C23H25N3O5/c1-3-30-22(29)18-11-23(2)12-19(23)26(18)20(27)14-25-21(28)17-10-9-16(13-24-17)31-15-7-5-4-6-8-15/h4-10,13,18-19H,3,11-12,14H2,1-2H3,(H,25,28)/t18-,19-,23+/m0/s1. The highest BCUT2D eigenvalue weighted by atomic mass is 16.5. The molecule has 1 aromatic heterocycles. The molecule has 162 valence electrons. The van der Waals surface area contributed by atoms with E-state index in [0.29, 0.717) is 17.9 Å². The van der Waals surface area contributed by atoms with Gasteiger partial charge in [0.1, 0.15) is 23.2 Å². The molecule has 0 bridgehead atoms. The number of rotatable bonds is 7. The van der Waals surface area contributed by atoms with Crippen LogP contribution in [0.3, 0.4) is 0 Å². The molecule has 4 rings (SSSR count). The number of hydrogen-bond donors (Lipinski definition) is 1. The normalized spacial score (nSPS) is 23.6. The van der Waals surface area contributed by atoms with Crippen LogP contribution in [0.2, 0.25) is 0 Å². The highest BCUT2D eigenvalue weighted by Gasteiger charge is 2.64. The molecular weight excluding hydrogens is 398 g/mol. The monoisotopic (exact) mass is 423 g/mol. The van der Waals surface area contributed by atoms with Crippen molar-refractivity contribution in [3.8, 4) is 11.5 Å². The van der Waals surface area contributed by atoms with Crippen molar-refractivity contribution in [2.75, 3.05) is 13.2 Å². The lowest BCUT2D eigenvalue weighted by molar-refractivity contribution is -0.153. The second kappa shape index (κ2) is 8.37. The average Bonchev–Trinajstić information content (AvgIpc) is 3.33. The number of nitrogens with one attached hydrogen (secondary N) is 1. The number of nitrogens with zero attached hydrogens (tertiary/aromatic N) is 2. The predicted octanol–water partition coefficient (Wildman–Crippen LogP) is 2.55. The summed E-state index contributed by atoms with van der Waals surface area (Å²) in [5.41, 5.74) is 0.139. The van der Waals surface area contributed by atoms with E-state index in [1.54, 1.807) is 17.9 Å². The molecule has 31 heavy (non-hydrogen) atoms. The fourth-order valence-electron chi connectivity index (χ4n) is 4.11. The van der Waals surface area contributed by atoms with E-state index in [1.165, 1.54) is 12.3 Å². The van der Waals surface area contributed by atoms with Gasteiger partial charge in [-0.05, 0) is 49.4 Å². The number of amides is 2. The van der Waals surface area contributed by atoms with Gasteiger partial charge in [-0.25, -0.2) is 9.78 Å². The molecule has 1 aliphatic carbocycles. The van der Waals surface area contributed by atoms with Crippen molar-refractivity contribution in [2.24, 2.45) is 5.41 Å². The third-order valence-corrected chi connectivity index (χ3v) is 5.83. The van der Waals surface area contributed by atoms with Gasteiger partial charge in [0.25, 0.3) is 5.91 Å². The summed E-state index contributed by atoms with van der Waals surface area (Å²) in [5.74, 6) is 0.0279. The van der Waals surface area contributed by atoms with E-state index in [1.807, 2.05) is 30.3 Å². The van der Waals surface area contributed by atoms with Crippen LogP contribution in [0.5, 0.6) is 11.5 Å². The van der Waals surface area contributed by atoms with Gasteiger partial charge in [0, 0.05) is 6.04 Å². The average molecular weight is 423 g/mol. The van der Waals surface area contributed by atoms with E-state index in [9.17, 15) is 14.4 Å². The summed E-state index contributed by atoms with van der Waals surface area (Å²) in [5, 5.41) is 2.60. The minimum atomic E-state index is -0.583. The van der Waals surface area contributed by atoms with Gasteiger partial charge in [-0.2, -0.15) is 0 Å². The molecule has 1 saturated heterocycles. The van der Waals surface area contributed by atoms with Crippen LogP contribution in [-0.2, 0) is 14.3 Å². The second-order valence-corrected chi connectivity index (χ2v) is 8.12. The van der Waals surface area contributed by atoms with E-state index in [4.69, 9.17) is 9.47 Å². The molecular formula is C23H25N3O5. The third kappa shape index (κ3) is 4.38. The van der Waals surface area contributed by atoms with Gasteiger partial charge in [0.2, 0.25) is 5.91 Å². The number of carbonyl (C=O) groups is 3. The number of piperidine rings is 1. The van der Waals surface area contributed by atoms with Crippen LogP contribution in [0.4, 0.5) is 0 Å². The molecule has 1 N–H and O–H groups in total. The van der Waals surface area contributed by atoms with Crippen LogP contribution >= 0.6 is 0 Å². The Morgan fingerprint density at radius 3 is 2.58 bits per heavy atom. The summed E-state index contributed by atoms with van der Waals surface area (Å²) in [6.45, 7) is 3.87. The molecule has 1 aromatic carbocycles. The zero-order valence-corrected chi connectivity index (χ0v) is 17.5. The first-order chi connectivity index (χ1) is 14.9. The van der Waals surface area contributed by atoms with Crippen LogP contribution in [0, 0.1) is 5.41 Å². The van der Waals surface area contributed by atoms with Gasteiger partial charge < -0.3 is 19.7 Å². The van der Waals surface area contributed by atoms with Gasteiger partial charge in [-0.3, -0.25) is 9.59 Å². The van der Waals surface area contributed by atoms with Gasteiger partial charge in [0.05, 0.1) is 19.3 Å². The summed E-state index contributed by atoms with van der Waals surface area (Å²) in [4.78, 5) is 43.2. The predicted molar refractivity (Wildman–Crippen MR) is 111 cm³/mol. The van der Waals surface area contributed by atoms with Crippen LogP contribution in [0.1, 0.15) is 37.2 Å². The molecule has 2 aromatic rings. The Morgan fingerprint density at radius 1 is 1.13 bits per heavy atom. The van der Waals surface area contributed by atoms with Gasteiger partial charge in [-0.1, -0.05) is 25.1 Å². The summed E-state index contributed by atoms with van der Waals surface area (Å²) >= 11 is 0. The molecule has 1 saturated carbocycles. The van der Waals surface area contributed by atoms with Gasteiger partial charge in [0.15, 0.2) is 0 Å². The number of esters is 1. The smallest absolute Gasteiger partial charge is 0.328 e. The zero-order chi connectivity index (χ0) is 22.0. The Balaban J connectivity index is 1.34. The van der Waals surface area contributed by atoms with Crippen molar-refractivity contribution in [1.82, 2.24) is 15.2 Å². The van der Waals surface area contributed by atoms with E-state index >= 15 is 0 Å². The molecule has 0 spiro atoms. The number of ether oxygens (including phenoxy) is 2. The quantitative estimate of drug-likeness (QED) is 0.688. The molecule has 3 atom stereocenters. The minimum absolute atomic E-state index is 0.0267. The molecule has 8 heteroatoms. The molecule has 8 nitrogen and oxygen atoms in total. The third-order valence-electron chi connectivity index (χ3n) is 5.83. The number of aromatic nitrogens is 1. The second-order valence-electron chi connectivity index (χ2n) is 8.12. The Bertz CT molecular complexity index is 978. The zero-order valence-electron chi connectivity index (χ0n) is 17.5. The van der Waals surface area contributed by atoms with E-state index in [2.05, 4.69) is 17.2 Å². The molecule has 2 heterocycles. The summed E-state index contributed by atoms with van der Waals surface area (Å²) in [6.07, 6.45) is 2.92. The number of fused-ring (bicyclic) bond motifs is 1. The lowest BCUT2D eigenvalue weighted by Gasteiger charge is -2.26. The lowest BCUT2D eigenvalue weighted by Crippen LogP contribution is -2.48. The van der Waals surface area contributed by atoms with Crippen molar-refractivity contribution >= 4 is 17.8 Å². The van der Waals surface area contributed by atoms with E-state index in [-0.39, 0.29) is 42.2 Å². The number of likely N-dealkylation sites (tertiary alicyclic amines) is 1. The van der Waals surface area contributed by atoms with E-state index < -0.39 is 11.9 Å². The number of hydrogen-bond acceptors (Lipinski definition) is 6. The Labute approximate surface area is 180 Å². The minimum Gasteiger partial charge on any atom is -0.464 e. The van der Waals surface area contributed by atoms with Crippen molar-refractivity contribution in [3.63, 3.8) is 0 Å². The van der Waals surface area contributed by atoms with Crippen molar-refractivity contribution in [1.29, 1.82) is 0 Å². The largest absolute Gasteiger partial charge is 0.464 e. The summed E-state index contributed by atoms with van der Waals surface area (Å²) < 4.78 is 10.8. The van der Waals surface area contributed by atoms with Crippen molar-refractivity contribution in [3.05, 3.63) is 54.4 Å². The Morgan fingerprint density at radius 2 is 1.90 bits per heavy atom. The maximum Gasteiger partial charge on any atom is 0.328 e. The van der Waals surface area contributed by atoms with Gasteiger partial charge in [-0.15, -0.1) is 0 Å². The number of benzene rings is 1. The first-order valence-corrected chi connectivity index (χ1v) is 10.4. The van der Waals surface area contributed by atoms with Crippen molar-refractivity contribution in [2.45, 2.75) is 38.8 Å². The Kier molecular flexibility index (Phi) is 5.63. The fraction of sp³-hybridized carbons (Fsp3) is 0.391.